The standard InChI is InChI=1S/C18H29N3O4S/c1-17(2,3)13-11-21(10-12-8-7-9-25-12)16(26-13)19-15(23)20-18(4,5)14(22)24-6/h11-12H,7-10H2,1-6H3,(H,20,23)/t12-/m1/s1. The topological polar surface area (TPSA) is 81.9 Å². The molecule has 7 nitrogen and oxygen atoms in total. The molecule has 1 atom stereocenters. The molecule has 0 saturated carbocycles. The number of urea groups is 1. The molecule has 8 heteroatoms. The number of hydrogen-bond donors (Lipinski definition) is 1. The molecule has 0 aliphatic carbocycles. The first-order valence-electron chi connectivity index (χ1n) is 8.80. The number of aromatic nitrogens is 1. The molecule has 1 aromatic heterocycles. The molecule has 0 bridgehead atoms. The van der Waals surface area contributed by atoms with Gasteiger partial charge in [0.25, 0.3) is 0 Å². The minimum Gasteiger partial charge on any atom is -0.467 e. The molecule has 1 saturated heterocycles. The van der Waals surface area contributed by atoms with Crippen LogP contribution in [0.3, 0.4) is 0 Å². The molecular weight excluding hydrogens is 354 g/mol. The Kier molecular flexibility index (Phi) is 6.29. The molecule has 1 aliphatic heterocycles. The Bertz CT molecular complexity index is 722. The number of esters is 1. The Morgan fingerprint density at radius 3 is 2.62 bits per heavy atom. The molecule has 146 valence electrons. The van der Waals surface area contributed by atoms with Crippen LogP contribution in [0, 0.1) is 0 Å². The van der Waals surface area contributed by atoms with Gasteiger partial charge in [0.15, 0.2) is 4.80 Å². The molecular formula is C18H29N3O4S. The molecule has 0 unspecified atom stereocenters. The molecule has 2 rings (SSSR count). The van der Waals surface area contributed by atoms with Crippen molar-refractivity contribution in [3.05, 3.63) is 15.9 Å². The van der Waals surface area contributed by atoms with Crippen LogP contribution in [-0.4, -0.2) is 41.9 Å². The van der Waals surface area contributed by atoms with Gasteiger partial charge in [-0.3, -0.25) is 0 Å². The van der Waals surface area contributed by atoms with Crippen molar-refractivity contribution in [3.8, 4) is 0 Å². The SMILES string of the molecule is COC(=O)C(C)(C)NC(=O)N=c1sc(C(C)(C)C)cn1C[C@H]1CCCO1. The first-order chi connectivity index (χ1) is 12.0. The number of rotatable bonds is 4. The fourth-order valence-corrected chi connectivity index (χ4v) is 3.70. The molecule has 1 fully saturated rings. The van der Waals surface area contributed by atoms with Gasteiger partial charge in [-0.1, -0.05) is 20.8 Å². The third-order valence-electron chi connectivity index (χ3n) is 4.20. The van der Waals surface area contributed by atoms with Crippen molar-refractivity contribution in [1.82, 2.24) is 9.88 Å². The van der Waals surface area contributed by atoms with Gasteiger partial charge in [-0.05, 0) is 32.1 Å². The second-order valence-corrected chi connectivity index (χ2v) is 9.08. The molecule has 1 N–H and O–H groups in total. The van der Waals surface area contributed by atoms with Crippen LogP contribution in [0.1, 0.15) is 52.3 Å². The summed E-state index contributed by atoms with van der Waals surface area (Å²) in [6.45, 7) is 11.0. The maximum Gasteiger partial charge on any atom is 0.344 e. The third-order valence-corrected chi connectivity index (χ3v) is 5.64. The van der Waals surface area contributed by atoms with Crippen LogP contribution in [0.15, 0.2) is 11.2 Å². The predicted molar refractivity (Wildman–Crippen MR) is 100 cm³/mol. The molecule has 26 heavy (non-hydrogen) atoms. The summed E-state index contributed by atoms with van der Waals surface area (Å²) in [5.41, 5.74) is -1.18. The summed E-state index contributed by atoms with van der Waals surface area (Å²) in [4.78, 5) is 30.1. The zero-order valence-electron chi connectivity index (χ0n) is 16.4. The zero-order chi connectivity index (χ0) is 19.5. The van der Waals surface area contributed by atoms with E-state index in [1.165, 1.54) is 18.4 Å². The summed E-state index contributed by atoms with van der Waals surface area (Å²) in [5, 5.41) is 2.61. The lowest BCUT2D eigenvalue weighted by Crippen LogP contribution is -2.49. The van der Waals surface area contributed by atoms with Crippen molar-refractivity contribution >= 4 is 23.3 Å². The van der Waals surface area contributed by atoms with E-state index in [0.29, 0.717) is 11.3 Å². The number of methoxy groups -OCH3 is 1. The summed E-state index contributed by atoms with van der Waals surface area (Å²) >= 11 is 1.48. The quantitative estimate of drug-likeness (QED) is 0.810. The highest BCUT2D eigenvalue weighted by Crippen LogP contribution is 2.25. The van der Waals surface area contributed by atoms with Crippen LogP contribution in [0.4, 0.5) is 4.79 Å². The number of amides is 2. The van der Waals surface area contributed by atoms with E-state index in [0.717, 1.165) is 24.3 Å². The lowest BCUT2D eigenvalue weighted by Gasteiger charge is -2.21. The van der Waals surface area contributed by atoms with Crippen LogP contribution >= 0.6 is 11.3 Å². The Labute approximate surface area is 158 Å². The average Bonchev–Trinajstić information content (AvgIpc) is 3.16. The smallest absolute Gasteiger partial charge is 0.344 e. The second kappa shape index (κ2) is 7.92. The van der Waals surface area contributed by atoms with Gasteiger partial charge in [-0.2, -0.15) is 4.99 Å². The molecule has 0 aromatic carbocycles. The van der Waals surface area contributed by atoms with E-state index in [4.69, 9.17) is 9.47 Å². The van der Waals surface area contributed by atoms with Crippen LogP contribution < -0.4 is 10.1 Å². The summed E-state index contributed by atoms with van der Waals surface area (Å²) in [7, 11) is 1.29. The molecule has 2 amide bonds. The highest BCUT2D eigenvalue weighted by Gasteiger charge is 2.30. The van der Waals surface area contributed by atoms with Crippen molar-refractivity contribution < 1.29 is 19.1 Å². The molecule has 0 spiro atoms. The van der Waals surface area contributed by atoms with Crippen LogP contribution in [0.5, 0.6) is 0 Å². The van der Waals surface area contributed by atoms with Gasteiger partial charge in [0.1, 0.15) is 5.54 Å². The minimum atomic E-state index is -1.14. The van der Waals surface area contributed by atoms with E-state index in [-0.39, 0.29) is 11.5 Å². The fourth-order valence-electron chi connectivity index (χ4n) is 2.64. The Morgan fingerprint density at radius 2 is 2.08 bits per heavy atom. The van der Waals surface area contributed by atoms with E-state index in [9.17, 15) is 9.59 Å². The van der Waals surface area contributed by atoms with Crippen molar-refractivity contribution in [1.29, 1.82) is 0 Å². The normalized spacial score (nSPS) is 18.8. The average molecular weight is 384 g/mol. The van der Waals surface area contributed by atoms with Crippen LogP contribution in [0.2, 0.25) is 0 Å². The number of nitrogens with zero attached hydrogens (tertiary/aromatic N) is 2. The van der Waals surface area contributed by atoms with Gasteiger partial charge in [-0.25, -0.2) is 9.59 Å². The van der Waals surface area contributed by atoms with Gasteiger partial charge in [0.05, 0.1) is 19.8 Å². The fraction of sp³-hybridized carbons (Fsp3) is 0.722. The molecule has 2 heterocycles. The van der Waals surface area contributed by atoms with Gasteiger partial charge in [0, 0.05) is 17.7 Å². The predicted octanol–water partition coefficient (Wildman–Crippen LogP) is 2.59. The summed E-state index contributed by atoms with van der Waals surface area (Å²) < 4.78 is 12.4. The number of carbonyl (C=O) groups is 2. The summed E-state index contributed by atoms with van der Waals surface area (Å²) in [6, 6.07) is -0.566. The summed E-state index contributed by atoms with van der Waals surface area (Å²) in [5.74, 6) is -0.519. The summed E-state index contributed by atoms with van der Waals surface area (Å²) in [6.07, 6.45) is 4.26. The van der Waals surface area contributed by atoms with Crippen LogP contribution in [-0.2, 0) is 26.2 Å². The number of thiazole rings is 1. The van der Waals surface area contributed by atoms with Crippen molar-refractivity contribution in [2.75, 3.05) is 13.7 Å². The van der Waals surface area contributed by atoms with E-state index < -0.39 is 17.5 Å². The lowest BCUT2D eigenvalue weighted by molar-refractivity contribution is -0.146. The lowest BCUT2D eigenvalue weighted by atomic mass is 9.95. The first-order valence-corrected chi connectivity index (χ1v) is 9.62. The maximum absolute atomic E-state index is 12.4. The van der Waals surface area contributed by atoms with E-state index in [2.05, 4.69) is 31.1 Å². The molecule has 1 aromatic rings. The number of ether oxygens (including phenoxy) is 2. The Hall–Kier alpha value is -1.67. The first kappa shape index (κ1) is 20.6. The minimum absolute atomic E-state index is 0.0432. The Balaban J connectivity index is 2.29. The number of nitrogens with one attached hydrogen (secondary N) is 1. The van der Waals surface area contributed by atoms with Gasteiger partial charge in [0.2, 0.25) is 0 Å². The largest absolute Gasteiger partial charge is 0.467 e. The zero-order valence-corrected chi connectivity index (χ0v) is 17.2. The highest BCUT2D eigenvalue weighted by atomic mass is 32.1. The van der Waals surface area contributed by atoms with Crippen molar-refractivity contribution in [3.63, 3.8) is 0 Å². The number of carbonyl (C=O) groups excluding carboxylic acids is 2. The van der Waals surface area contributed by atoms with Crippen LogP contribution in [0.25, 0.3) is 0 Å². The molecule has 1 aliphatic rings. The van der Waals surface area contributed by atoms with E-state index in [1.807, 2.05) is 10.8 Å². The second-order valence-electron chi connectivity index (χ2n) is 8.07. The third kappa shape index (κ3) is 5.17. The van der Waals surface area contributed by atoms with Gasteiger partial charge < -0.3 is 19.4 Å². The van der Waals surface area contributed by atoms with E-state index >= 15 is 0 Å². The molecule has 0 radical (unpaired) electrons. The van der Waals surface area contributed by atoms with Gasteiger partial charge in [-0.15, -0.1) is 11.3 Å². The van der Waals surface area contributed by atoms with E-state index in [1.54, 1.807) is 13.8 Å². The highest BCUT2D eigenvalue weighted by molar-refractivity contribution is 7.09. The Morgan fingerprint density at radius 1 is 1.38 bits per heavy atom. The number of hydrogen-bond acceptors (Lipinski definition) is 5. The monoisotopic (exact) mass is 383 g/mol. The van der Waals surface area contributed by atoms with Gasteiger partial charge >= 0.3 is 12.0 Å². The van der Waals surface area contributed by atoms with Crippen molar-refractivity contribution in [2.24, 2.45) is 4.99 Å². The maximum atomic E-state index is 12.4. The van der Waals surface area contributed by atoms with Crippen molar-refractivity contribution in [2.45, 2.75) is 71.1 Å².